The average molecular weight is 411 g/mol. The molecule has 4 amide bonds. The zero-order valence-corrected chi connectivity index (χ0v) is 17.1. The Morgan fingerprint density at radius 2 is 1.57 bits per heavy atom. The summed E-state index contributed by atoms with van der Waals surface area (Å²) in [6.07, 6.45) is 7.14. The standard InChI is InChI=1S/C19H30N4O4S/c24-16(21-28-14-6-7-14)13-20-19(27)15-5-4-12-23(15)18(26)9-8-17(25)22-10-2-1-3-11-22/h14-15H,1-13H2,(H,20,27)(H,21,24)/t15-/m0/s1. The van der Waals surface area contributed by atoms with Gasteiger partial charge in [0.2, 0.25) is 23.6 Å². The van der Waals surface area contributed by atoms with Crippen LogP contribution in [0.1, 0.15) is 57.8 Å². The van der Waals surface area contributed by atoms with Gasteiger partial charge in [-0.3, -0.25) is 23.9 Å². The lowest BCUT2D eigenvalue weighted by atomic mass is 10.1. The molecule has 0 aromatic rings. The Bertz CT molecular complexity index is 605. The van der Waals surface area contributed by atoms with Gasteiger partial charge in [-0.25, -0.2) is 0 Å². The molecule has 0 bridgehead atoms. The molecule has 2 aliphatic heterocycles. The van der Waals surface area contributed by atoms with Crippen molar-refractivity contribution in [2.75, 3.05) is 26.2 Å². The first-order valence-corrected chi connectivity index (χ1v) is 11.2. The molecule has 156 valence electrons. The maximum atomic E-state index is 12.6. The lowest BCUT2D eigenvalue weighted by Crippen LogP contribution is -2.48. The van der Waals surface area contributed by atoms with Gasteiger partial charge in [0.25, 0.3) is 0 Å². The predicted octanol–water partition coefficient (Wildman–Crippen LogP) is 0.813. The summed E-state index contributed by atoms with van der Waals surface area (Å²) in [5.74, 6) is -0.650. The fourth-order valence-electron chi connectivity index (χ4n) is 3.65. The Labute approximate surface area is 170 Å². The molecular weight excluding hydrogens is 380 g/mol. The second-order valence-corrected chi connectivity index (χ2v) is 8.85. The lowest BCUT2D eigenvalue weighted by molar-refractivity contribution is -0.141. The minimum absolute atomic E-state index is 0.0260. The number of rotatable bonds is 8. The molecule has 2 saturated heterocycles. The number of likely N-dealkylation sites (tertiary alicyclic amines) is 2. The molecule has 0 aromatic carbocycles. The van der Waals surface area contributed by atoms with Crippen LogP contribution in [0.5, 0.6) is 0 Å². The van der Waals surface area contributed by atoms with Gasteiger partial charge in [0, 0.05) is 37.7 Å². The zero-order chi connectivity index (χ0) is 19.9. The summed E-state index contributed by atoms with van der Waals surface area (Å²) in [6.45, 7) is 2.01. The van der Waals surface area contributed by atoms with E-state index >= 15 is 0 Å². The molecule has 0 radical (unpaired) electrons. The van der Waals surface area contributed by atoms with Crippen molar-refractivity contribution < 1.29 is 19.2 Å². The average Bonchev–Trinajstić information content (AvgIpc) is 3.42. The van der Waals surface area contributed by atoms with Gasteiger partial charge in [-0.15, -0.1) is 0 Å². The van der Waals surface area contributed by atoms with E-state index in [1.54, 1.807) is 4.90 Å². The minimum Gasteiger partial charge on any atom is -0.345 e. The molecule has 3 fully saturated rings. The van der Waals surface area contributed by atoms with E-state index in [9.17, 15) is 19.2 Å². The predicted molar refractivity (Wildman–Crippen MR) is 106 cm³/mol. The molecular formula is C19H30N4O4S. The van der Waals surface area contributed by atoms with E-state index in [4.69, 9.17) is 0 Å². The maximum absolute atomic E-state index is 12.6. The number of hydrogen-bond acceptors (Lipinski definition) is 5. The summed E-state index contributed by atoms with van der Waals surface area (Å²) in [6, 6.07) is -0.540. The maximum Gasteiger partial charge on any atom is 0.249 e. The highest BCUT2D eigenvalue weighted by Gasteiger charge is 2.34. The monoisotopic (exact) mass is 410 g/mol. The first-order chi connectivity index (χ1) is 13.5. The smallest absolute Gasteiger partial charge is 0.249 e. The summed E-state index contributed by atoms with van der Waals surface area (Å²) in [5, 5.41) is 3.15. The van der Waals surface area contributed by atoms with Crippen molar-refractivity contribution in [3.63, 3.8) is 0 Å². The summed E-state index contributed by atoms with van der Waals surface area (Å²) in [4.78, 5) is 52.4. The van der Waals surface area contributed by atoms with Crippen LogP contribution < -0.4 is 10.0 Å². The van der Waals surface area contributed by atoms with Crippen LogP contribution in [0.2, 0.25) is 0 Å². The second-order valence-electron chi connectivity index (χ2n) is 7.75. The van der Waals surface area contributed by atoms with Crippen LogP contribution in [0, 0.1) is 0 Å². The SMILES string of the molecule is O=C(CNC(=O)[C@@H]1CCCN1C(=O)CCC(=O)N1CCCCC1)NSC1CC1. The van der Waals surface area contributed by atoms with Gasteiger partial charge < -0.3 is 15.1 Å². The molecule has 1 aliphatic carbocycles. The third-order valence-electron chi connectivity index (χ3n) is 5.42. The summed E-state index contributed by atoms with van der Waals surface area (Å²) < 4.78 is 2.73. The summed E-state index contributed by atoms with van der Waals surface area (Å²) in [5.41, 5.74) is 0. The van der Waals surface area contributed by atoms with Crippen molar-refractivity contribution in [2.24, 2.45) is 0 Å². The van der Waals surface area contributed by atoms with E-state index in [-0.39, 0.29) is 43.0 Å². The van der Waals surface area contributed by atoms with E-state index < -0.39 is 6.04 Å². The van der Waals surface area contributed by atoms with Gasteiger partial charge in [0.15, 0.2) is 0 Å². The Hall–Kier alpha value is -1.77. The largest absolute Gasteiger partial charge is 0.345 e. The Balaban J connectivity index is 1.39. The van der Waals surface area contributed by atoms with Gasteiger partial charge in [0.1, 0.15) is 6.04 Å². The van der Waals surface area contributed by atoms with Crippen molar-refractivity contribution in [2.45, 2.75) is 69.1 Å². The normalized spacial score (nSPS) is 22.1. The molecule has 8 nitrogen and oxygen atoms in total. The van der Waals surface area contributed by atoms with Crippen molar-refractivity contribution in [3.05, 3.63) is 0 Å². The van der Waals surface area contributed by atoms with Gasteiger partial charge >= 0.3 is 0 Å². The molecule has 0 spiro atoms. The van der Waals surface area contributed by atoms with Crippen molar-refractivity contribution in [1.29, 1.82) is 0 Å². The number of nitrogens with one attached hydrogen (secondary N) is 2. The van der Waals surface area contributed by atoms with E-state index in [2.05, 4.69) is 10.0 Å². The molecule has 28 heavy (non-hydrogen) atoms. The van der Waals surface area contributed by atoms with Crippen molar-refractivity contribution in [1.82, 2.24) is 19.8 Å². The van der Waals surface area contributed by atoms with Gasteiger partial charge in [-0.05, 0) is 56.9 Å². The third-order valence-corrected chi connectivity index (χ3v) is 6.57. The van der Waals surface area contributed by atoms with E-state index in [0.29, 0.717) is 18.2 Å². The minimum atomic E-state index is -0.540. The Morgan fingerprint density at radius 1 is 0.857 bits per heavy atom. The fraction of sp³-hybridized carbons (Fsp3) is 0.789. The van der Waals surface area contributed by atoms with Gasteiger partial charge in [-0.1, -0.05) is 0 Å². The van der Waals surface area contributed by atoms with Crippen LogP contribution in [-0.2, 0) is 19.2 Å². The number of carbonyl (C=O) groups excluding carboxylic acids is 4. The highest BCUT2D eigenvalue weighted by Crippen LogP contribution is 2.31. The molecule has 3 rings (SSSR count). The first kappa shape index (κ1) is 21.0. The zero-order valence-electron chi connectivity index (χ0n) is 16.3. The number of carbonyl (C=O) groups is 4. The summed E-state index contributed by atoms with van der Waals surface area (Å²) >= 11 is 1.41. The molecule has 3 aliphatic rings. The number of amides is 4. The van der Waals surface area contributed by atoms with Gasteiger partial charge in [-0.2, -0.15) is 0 Å². The van der Waals surface area contributed by atoms with Crippen LogP contribution in [0.3, 0.4) is 0 Å². The van der Waals surface area contributed by atoms with Crippen LogP contribution in [-0.4, -0.2) is 70.9 Å². The molecule has 0 aromatic heterocycles. The number of nitrogens with zero attached hydrogens (tertiary/aromatic N) is 2. The van der Waals surface area contributed by atoms with E-state index in [0.717, 1.165) is 51.6 Å². The van der Waals surface area contributed by atoms with Crippen LogP contribution in [0.25, 0.3) is 0 Å². The van der Waals surface area contributed by atoms with E-state index in [1.807, 2.05) is 4.90 Å². The fourth-order valence-corrected chi connectivity index (χ4v) is 4.40. The second kappa shape index (κ2) is 10.1. The first-order valence-electron chi connectivity index (χ1n) is 10.3. The Morgan fingerprint density at radius 3 is 2.29 bits per heavy atom. The van der Waals surface area contributed by atoms with Crippen molar-refractivity contribution in [3.8, 4) is 0 Å². The van der Waals surface area contributed by atoms with E-state index in [1.165, 1.54) is 11.9 Å². The molecule has 9 heteroatoms. The van der Waals surface area contributed by atoms with Crippen LogP contribution >= 0.6 is 11.9 Å². The highest BCUT2D eigenvalue weighted by atomic mass is 32.2. The number of piperidine rings is 1. The van der Waals surface area contributed by atoms with Crippen LogP contribution in [0.15, 0.2) is 0 Å². The Kier molecular flexibility index (Phi) is 7.58. The quantitative estimate of drug-likeness (QED) is 0.577. The topological polar surface area (TPSA) is 98.8 Å². The molecule has 0 unspecified atom stereocenters. The molecule has 2 heterocycles. The van der Waals surface area contributed by atoms with Crippen molar-refractivity contribution >= 4 is 35.6 Å². The highest BCUT2D eigenvalue weighted by molar-refractivity contribution is 7.98. The molecule has 1 saturated carbocycles. The number of hydrogen-bond donors (Lipinski definition) is 2. The summed E-state index contributed by atoms with van der Waals surface area (Å²) in [7, 11) is 0. The lowest BCUT2D eigenvalue weighted by Gasteiger charge is -2.27. The van der Waals surface area contributed by atoms with Gasteiger partial charge in [0.05, 0.1) is 6.54 Å². The molecule has 1 atom stereocenters. The molecule has 2 N–H and O–H groups in total. The van der Waals surface area contributed by atoms with Crippen LogP contribution in [0.4, 0.5) is 0 Å². The third kappa shape index (κ3) is 6.12.